The smallest absolute Gasteiger partial charge is 0.316 e. The third kappa shape index (κ3) is 6.76. The van der Waals surface area contributed by atoms with Crippen molar-refractivity contribution in [2.45, 2.75) is 21.9 Å². The Hall–Kier alpha value is -3.57. The van der Waals surface area contributed by atoms with Crippen LogP contribution in [0.4, 0.5) is 5.13 Å². The quantitative estimate of drug-likeness (QED) is 0.0680. The number of esters is 1. The molecule has 4 aromatic rings. The predicted octanol–water partition coefficient (Wildman–Crippen LogP) is 4.81. The van der Waals surface area contributed by atoms with Gasteiger partial charge in [-0.25, -0.2) is 4.98 Å². The van der Waals surface area contributed by atoms with Crippen LogP contribution in [0.2, 0.25) is 0 Å². The minimum absolute atomic E-state index is 0.130. The maximum Gasteiger partial charge on any atom is 0.316 e. The zero-order valence-corrected chi connectivity index (χ0v) is 28.6. The molecular weight excluding hydrogens is 733 g/mol. The summed E-state index contributed by atoms with van der Waals surface area (Å²) < 4.78 is 7.05. The normalized spacial score (nSPS) is 20.9. The number of hydrogen-bond donors (Lipinski definition) is 2. The van der Waals surface area contributed by atoms with E-state index in [-0.39, 0.29) is 23.4 Å². The molecule has 2 N–H and O–H groups in total. The lowest BCUT2D eigenvalue weighted by Gasteiger charge is -2.54. The summed E-state index contributed by atoms with van der Waals surface area (Å²) in [5.74, 6) is -0.504. The number of carbonyl (C=O) groups is 4. The van der Waals surface area contributed by atoms with Crippen molar-refractivity contribution in [3.8, 4) is 0 Å². The van der Waals surface area contributed by atoms with Gasteiger partial charge in [-0.2, -0.15) is 0 Å². The minimum atomic E-state index is -1.05. The number of β-lactam (4-membered cyclic amide) rings is 1. The van der Waals surface area contributed by atoms with Crippen LogP contribution in [0, 0.1) is 5.41 Å². The Morgan fingerprint density at radius 3 is 2.48 bits per heavy atom. The van der Waals surface area contributed by atoms with E-state index in [0.717, 1.165) is 11.1 Å². The molecule has 2 fully saturated rings. The topological polar surface area (TPSA) is 143 Å². The summed E-state index contributed by atoms with van der Waals surface area (Å²) in [6.45, 7) is 0.130. The molecule has 0 radical (unpaired) electrons. The van der Waals surface area contributed by atoms with Crippen molar-refractivity contribution < 1.29 is 23.9 Å². The average molecular weight is 758 g/mol. The first kappa shape index (κ1) is 32.4. The average Bonchev–Trinajstić information content (AvgIpc) is 3.79. The zero-order valence-electron chi connectivity index (χ0n) is 23.8. The number of nitrogens with zero attached hydrogens (tertiary/aromatic N) is 4. The molecular formula is C30H25BrN6O5S4. The van der Waals surface area contributed by atoms with E-state index < -0.39 is 29.4 Å². The number of anilines is 1. The van der Waals surface area contributed by atoms with Crippen molar-refractivity contribution in [1.82, 2.24) is 25.4 Å². The summed E-state index contributed by atoms with van der Waals surface area (Å²) in [5.41, 5.74) is 2.82. The predicted molar refractivity (Wildman–Crippen MR) is 182 cm³/mol. The number of halogens is 1. The monoisotopic (exact) mass is 756 g/mol. The van der Waals surface area contributed by atoms with Crippen molar-refractivity contribution in [1.29, 1.82) is 0 Å². The highest BCUT2D eigenvalue weighted by atomic mass is 79.9. The molecule has 11 nitrogen and oxygen atoms in total. The van der Waals surface area contributed by atoms with Gasteiger partial charge >= 0.3 is 5.97 Å². The third-order valence-corrected chi connectivity index (χ3v) is 12.4. The highest BCUT2D eigenvalue weighted by Gasteiger charge is 2.58. The fourth-order valence-electron chi connectivity index (χ4n) is 5.09. The Morgan fingerprint density at radius 1 is 1.13 bits per heavy atom. The fraction of sp³-hybridized carbons (Fsp3) is 0.233. The summed E-state index contributed by atoms with van der Waals surface area (Å²) in [4.78, 5) is 59.1. The number of rotatable bonds is 12. The SMILES string of the molecule is O=CNc1nc(C(=CBr)C(=O)NC2C(=O)N3CC(CSc4nncs4)(C(=O)OC(c4ccccc4)c4ccccc4)CS[C@H]23)cs1. The van der Waals surface area contributed by atoms with Gasteiger partial charge in [-0.3, -0.25) is 19.2 Å². The second-order valence-electron chi connectivity index (χ2n) is 10.3. The van der Waals surface area contributed by atoms with Crippen molar-refractivity contribution >= 4 is 97.0 Å². The second-order valence-corrected chi connectivity index (χ2v) is 14.8. The van der Waals surface area contributed by atoms with Crippen molar-refractivity contribution in [3.63, 3.8) is 0 Å². The standard InChI is InChI=1S/C30H25BrN6O5S4/c31-11-20(21-12-43-28(34-21)32-16-38)24(39)35-22-25(40)37-13-30(14-44-26(22)37,15-45-29-36-33-17-46-29)27(41)42-23(18-7-3-1-4-8-18)19-9-5-2-6-10-19/h1-12,16-17,22-23,26H,13-15H2,(H,35,39)(H,32,34,38)/t22?,26-,30?/m1/s1. The molecule has 2 aliphatic heterocycles. The summed E-state index contributed by atoms with van der Waals surface area (Å²) >= 11 is 8.61. The second kappa shape index (κ2) is 14.5. The summed E-state index contributed by atoms with van der Waals surface area (Å²) in [5, 5.41) is 14.9. The molecule has 0 aliphatic carbocycles. The number of thiazole rings is 1. The molecule has 2 aromatic heterocycles. The molecule has 16 heteroatoms. The number of hydrogen-bond acceptors (Lipinski definition) is 12. The van der Waals surface area contributed by atoms with E-state index in [1.54, 1.807) is 15.8 Å². The zero-order chi connectivity index (χ0) is 32.1. The van der Waals surface area contributed by atoms with Gasteiger partial charge in [0.15, 0.2) is 15.6 Å². The number of thioether (sulfide) groups is 2. The number of nitrogens with one attached hydrogen (secondary N) is 2. The van der Waals surface area contributed by atoms with Crippen LogP contribution in [0.3, 0.4) is 0 Å². The Kier molecular flexibility index (Phi) is 10.2. The Labute approximate surface area is 288 Å². The fourth-order valence-corrected chi connectivity index (χ4v) is 9.54. The summed E-state index contributed by atoms with van der Waals surface area (Å²) in [7, 11) is 0. The Bertz CT molecular complexity index is 1700. The van der Waals surface area contributed by atoms with Gasteiger partial charge in [-0.15, -0.1) is 33.3 Å². The van der Waals surface area contributed by atoms with Gasteiger partial charge in [0.05, 0.1) is 11.3 Å². The van der Waals surface area contributed by atoms with Crippen molar-refractivity contribution in [3.05, 3.63) is 93.4 Å². The molecule has 236 valence electrons. The summed E-state index contributed by atoms with van der Waals surface area (Å²) in [6, 6.07) is 18.3. The van der Waals surface area contributed by atoms with Gasteiger partial charge in [0.1, 0.15) is 22.3 Å². The Balaban J connectivity index is 1.20. The van der Waals surface area contributed by atoms with E-state index >= 15 is 0 Å². The lowest BCUT2D eigenvalue weighted by Crippen LogP contribution is -2.74. The maximum absolute atomic E-state index is 14.3. The van der Waals surface area contributed by atoms with E-state index in [1.165, 1.54) is 51.2 Å². The first-order valence-corrected chi connectivity index (χ1v) is 18.5. The number of benzene rings is 2. The van der Waals surface area contributed by atoms with Crippen LogP contribution < -0.4 is 10.6 Å². The largest absolute Gasteiger partial charge is 0.452 e. The number of fused-ring (bicyclic) bond motifs is 1. The molecule has 6 rings (SSSR count). The molecule has 0 saturated carbocycles. The number of ether oxygens (including phenoxy) is 1. The van der Waals surface area contributed by atoms with Crippen LogP contribution in [-0.4, -0.2) is 73.7 Å². The van der Waals surface area contributed by atoms with E-state index in [9.17, 15) is 19.2 Å². The lowest BCUT2D eigenvalue weighted by molar-refractivity contribution is -0.164. The van der Waals surface area contributed by atoms with E-state index in [1.807, 2.05) is 60.7 Å². The first-order chi connectivity index (χ1) is 22.4. The molecule has 2 unspecified atom stereocenters. The lowest BCUT2D eigenvalue weighted by atomic mass is 9.88. The maximum atomic E-state index is 14.3. The third-order valence-electron chi connectivity index (χ3n) is 7.42. The molecule has 2 saturated heterocycles. The van der Waals surface area contributed by atoms with Crippen LogP contribution in [0.15, 0.2) is 80.9 Å². The first-order valence-electron chi connectivity index (χ1n) is 13.8. The molecule has 46 heavy (non-hydrogen) atoms. The molecule has 2 aromatic carbocycles. The van der Waals surface area contributed by atoms with Gasteiger partial charge in [-0.05, 0) is 16.1 Å². The van der Waals surface area contributed by atoms with Crippen LogP contribution in [0.25, 0.3) is 5.57 Å². The Morgan fingerprint density at radius 2 is 1.85 bits per heavy atom. The van der Waals surface area contributed by atoms with Gasteiger partial charge in [0.25, 0.3) is 5.91 Å². The van der Waals surface area contributed by atoms with E-state index in [0.29, 0.717) is 33.1 Å². The molecule has 4 heterocycles. The van der Waals surface area contributed by atoms with Crippen LogP contribution >= 0.6 is 62.1 Å². The highest BCUT2D eigenvalue weighted by molar-refractivity contribution is 9.11. The van der Waals surface area contributed by atoms with Crippen LogP contribution in [0.1, 0.15) is 22.9 Å². The molecule has 2 aliphatic rings. The number of aromatic nitrogens is 3. The molecule has 0 spiro atoms. The van der Waals surface area contributed by atoms with Crippen molar-refractivity contribution in [2.24, 2.45) is 5.41 Å². The van der Waals surface area contributed by atoms with Gasteiger partial charge in [-0.1, -0.05) is 99.7 Å². The van der Waals surface area contributed by atoms with Crippen LogP contribution in [-0.2, 0) is 23.9 Å². The minimum Gasteiger partial charge on any atom is -0.452 e. The van der Waals surface area contributed by atoms with E-state index in [2.05, 4.69) is 41.7 Å². The van der Waals surface area contributed by atoms with E-state index in [4.69, 9.17) is 4.74 Å². The van der Waals surface area contributed by atoms with Gasteiger partial charge in [0.2, 0.25) is 12.3 Å². The summed E-state index contributed by atoms with van der Waals surface area (Å²) in [6.07, 6.45) is -0.129. The van der Waals surface area contributed by atoms with Crippen molar-refractivity contribution in [2.75, 3.05) is 23.4 Å². The van der Waals surface area contributed by atoms with Gasteiger partial charge in [0, 0.05) is 23.4 Å². The molecule has 3 atom stereocenters. The number of amides is 3. The van der Waals surface area contributed by atoms with Crippen LogP contribution in [0.5, 0.6) is 0 Å². The number of carbonyl (C=O) groups excluding carboxylic acids is 4. The van der Waals surface area contributed by atoms with Gasteiger partial charge < -0.3 is 20.3 Å². The molecule has 3 amide bonds. The highest BCUT2D eigenvalue weighted by Crippen LogP contribution is 2.46. The molecule has 0 bridgehead atoms.